The van der Waals surface area contributed by atoms with Gasteiger partial charge in [0.25, 0.3) is 5.91 Å². The van der Waals surface area contributed by atoms with Gasteiger partial charge in [0.1, 0.15) is 13.3 Å². The van der Waals surface area contributed by atoms with Gasteiger partial charge in [-0.25, -0.2) is 9.69 Å². The number of urea groups is 1. The molecule has 0 spiro atoms. The molecule has 3 amide bonds. The minimum absolute atomic E-state index is 0.0399. The Labute approximate surface area is 69.7 Å². The van der Waals surface area contributed by atoms with Gasteiger partial charge in [0, 0.05) is 0 Å². The summed E-state index contributed by atoms with van der Waals surface area (Å²) in [6, 6.07) is -0.433. The summed E-state index contributed by atoms with van der Waals surface area (Å²) < 4.78 is 4.82. The number of imide groups is 1. The highest BCUT2D eigenvalue weighted by atomic mass is 16.5. The van der Waals surface area contributed by atoms with Crippen LogP contribution in [0.3, 0.4) is 0 Å². The van der Waals surface area contributed by atoms with E-state index in [1.54, 1.807) is 0 Å². The number of hydrogen-bond acceptors (Lipinski definition) is 3. The quantitative estimate of drug-likeness (QED) is 0.339. The number of carbonyl (C=O) groups is 2. The van der Waals surface area contributed by atoms with E-state index in [9.17, 15) is 9.59 Å². The van der Waals surface area contributed by atoms with E-state index in [1.165, 1.54) is 0 Å². The summed E-state index contributed by atoms with van der Waals surface area (Å²) in [5.41, 5.74) is 0. The van der Waals surface area contributed by atoms with Crippen molar-refractivity contribution >= 4 is 11.9 Å². The van der Waals surface area contributed by atoms with Crippen molar-refractivity contribution in [3.63, 3.8) is 0 Å². The van der Waals surface area contributed by atoms with Crippen LogP contribution in [0.1, 0.15) is 0 Å². The molecule has 0 aromatic rings. The molecular weight excluding hydrogens is 160 g/mol. The maximum atomic E-state index is 10.9. The SMILES string of the molecule is C#CCOCN1C(=O)CNC1=O. The number of ether oxygens (including phenoxy) is 1. The van der Waals surface area contributed by atoms with Crippen molar-refractivity contribution in [2.24, 2.45) is 0 Å². The first-order chi connectivity index (χ1) is 5.75. The molecule has 12 heavy (non-hydrogen) atoms. The highest BCUT2D eigenvalue weighted by Crippen LogP contribution is 1.97. The van der Waals surface area contributed by atoms with Gasteiger partial charge in [0.05, 0.1) is 6.54 Å². The lowest BCUT2D eigenvalue weighted by atomic mass is 10.6. The second-order valence-corrected chi connectivity index (χ2v) is 2.16. The maximum Gasteiger partial charge on any atom is 0.326 e. The van der Waals surface area contributed by atoms with Crippen LogP contribution in [-0.2, 0) is 9.53 Å². The lowest BCUT2D eigenvalue weighted by Gasteiger charge is -2.10. The van der Waals surface area contributed by atoms with E-state index >= 15 is 0 Å². The molecule has 0 aromatic carbocycles. The van der Waals surface area contributed by atoms with Gasteiger partial charge in [-0.05, 0) is 0 Å². The summed E-state index contributed by atoms with van der Waals surface area (Å²) in [7, 11) is 0. The fourth-order valence-electron chi connectivity index (χ4n) is 0.782. The third-order valence-electron chi connectivity index (χ3n) is 1.34. The van der Waals surface area contributed by atoms with Gasteiger partial charge in [0.15, 0.2) is 0 Å². The molecule has 0 radical (unpaired) electrons. The summed E-state index contributed by atoms with van der Waals surface area (Å²) in [4.78, 5) is 22.7. The number of hydrogen-bond donors (Lipinski definition) is 1. The normalized spacial score (nSPS) is 16.1. The van der Waals surface area contributed by atoms with Crippen LogP contribution < -0.4 is 5.32 Å². The van der Waals surface area contributed by atoms with Crippen LogP contribution >= 0.6 is 0 Å². The molecule has 1 N–H and O–H groups in total. The molecule has 0 unspecified atom stereocenters. The molecule has 5 heteroatoms. The Hall–Kier alpha value is -1.54. The molecule has 1 rings (SSSR count). The Morgan fingerprint density at radius 3 is 2.92 bits per heavy atom. The van der Waals surface area contributed by atoms with Crippen LogP contribution in [0.15, 0.2) is 0 Å². The standard InChI is InChI=1S/C7H8N2O3/c1-2-3-12-5-9-6(10)4-8-7(9)11/h1H,3-5H2,(H,8,11). The van der Waals surface area contributed by atoms with Crippen LogP contribution in [-0.4, -0.2) is 36.7 Å². The smallest absolute Gasteiger partial charge is 0.326 e. The zero-order valence-corrected chi connectivity index (χ0v) is 6.37. The van der Waals surface area contributed by atoms with Crippen molar-refractivity contribution in [2.45, 2.75) is 0 Å². The van der Waals surface area contributed by atoms with E-state index in [0.29, 0.717) is 0 Å². The first-order valence-electron chi connectivity index (χ1n) is 3.35. The molecular formula is C7H8N2O3. The predicted octanol–water partition coefficient (Wildman–Crippen LogP) is -0.855. The average molecular weight is 168 g/mol. The second-order valence-electron chi connectivity index (χ2n) is 2.16. The Morgan fingerprint density at radius 1 is 1.67 bits per heavy atom. The molecule has 1 aliphatic heterocycles. The molecule has 64 valence electrons. The Morgan fingerprint density at radius 2 is 2.42 bits per heavy atom. The lowest BCUT2D eigenvalue weighted by Crippen LogP contribution is -2.33. The lowest BCUT2D eigenvalue weighted by molar-refractivity contribution is -0.128. The van der Waals surface area contributed by atoms with Crippen LogP contribution in [0.2, 0.25) is 0 Å². The summed E-state index contributed by atoms with van der Waals surface area (Å²) in [6.45, 7) is 0.0597. The third kappa shape index (κ3) is 1.74. The van der Waals surface area contributed by atoms with Gasteiger partial charge in [-0.3, -0.25) is 4.79 Å². The number of carbonyl (C=O) groups excluding carboxylic acids is 2. The molecule has 1 heterocycles. The van der Waals surface area contributed by atoms with Gasteiger partial charge in [-0.15, -0.1) is 6.42 Å². The Balaban J connectivity index is 2.36. The van der Waals surface area contributed by atoms with Gasteiger partial charge < -0.3 is 10.1 Å². The van der Waals surface area contributed by atoms with Crippen molar-refractivity contribution in [3.05, 3.63) is 0 Å². The number of amides is 3. The minimum Gasteiger partial charge on any atom is -0.348 e. The fraction of sp³-hybridized carbons (Fsp3) is 0.429. The zero-order chi connectivity index (χ0) is 8.97. The summed E-state index contributed by atoms with van der Waals surface area (Å²) >= 11 is 0. The highest BCUT2D eigenvalue weighted by Gasteiger charge is 2.27. The minimum atomic E-state index is -0.433. The maximum absolute atomic E-state index is 10.9. The van der Waals surface area contributed by atoms with Crippen LogP contribution in [0.4, 0.5) is 4.79 Å². The average Bonchev–Trinajstić information content (AvgIpc) is 2.35. The van der Waals surface area contributed by atoms with Crippen LogP contribution in [0, 0.1) is 12.3 Å². The predicted molar refractivity (Wildman–Crippen MR) is 39.9 cm³/mol. The van der Waals surface area contributed by atoms with E-state index in [2.05, 4.69) is 11.2 Å². The van der Waals surface area contributed by atoms with Crippen LogP contribution in [0.5, 0.6) is 0 Å². The first kappa shape index (κ1) is 8.56. The molecule has 5 nitrogen and oxygen atoms in total. The third-order valence-corrected chi connectivity index (χ3v) is 1.34. The molecule has 1 fully saturated rings. The molecule has 1 saturated heterocycles. The summed E-state index contributed by atoms with van der Waals surface area (Å²) in [6.07, 6.45) is 4.90. The van der Waals surface area contributed by atoms with Crippen molar-refractivity contribution in [3.8, 4) is 12.3 Å². The molecule has 0 bridgehead atoms. The first-order valence-corrected chi connectivity index (χ1v) is 3.35. The Kier molecular flexibility index (Phi) is 2.66. The molecule has 0 saturated carbocycles. The van der Waals surface area contributed by atoms with Gasteiger partial charge in [0.2, 0.25) is 0 Å². The number of terminal acetylenes is 1. The molecule has 1 aliphatic rings. The van der Waals surface area contributed by atoms with E-state index in [-0.39, 0.29) is 25.8 Å². The van der Waals surface area contributed by atoms with E-state index in [0.717, 1.165) is 4.90 Å². The van der Waals surface area contributed by atoms with Crippen molar-refractivity contribution < 1.29 is 14.3 Å². The largest absolute Gasteiger partial charge is 0.348 e. The Bertz CT molecular complexity index is 228. The van der Waals surface area contributed by atoms with E-state index in [4.69, 9.17) is 11.2 Å². The monoisotopic (exact) mass is 168 g/mol. The number of nitrogens with zero attached hydrogens (tertiary/aromatic N) is 1. The number of rotatable bonds is 3. The van der Waals surface area contributed by atoms with Gasteiger partial charge in [-0.2, -0.15) is 0 Å². The van der Waals surface area contributed by atoms with Crippen LogP contribution in [0.25, 0.3) is 0 Å². The fourth-order valence-corrected chi connectivity index (χ4v) is 0.782. The van der Waals surface area contributed by atoms with Crippen molar-refractivity contribution in [2.75, 3.05) is 19.9 Å². The van der Waals surface area contributed by atoms with E-state index in [1.807, 2.05) is 0 Å². The summed E-state index contributed by atoms with van der Waals surface area (Å²) in [5.74, 6) is 1.93. The molecule has 0 aromatic heterocycles. The topological polar surface area (TPSA) is 58.6 Å². The second kappa shape index (κ2) is 3.74. The number of nitrogens with one attached hydrogen (secondary N) is 1. The summed E-state index contributed by atoms with van der Waals surface area (Å²) in [5, 5.41) is 2.35. The highest BCUT2D eigenvalue weighted by molar-refractivity contribution is 6.01. The van der Waals surface area contributed by atoms with Crippen molar-refractivity contribution in [1.29, 1.82) is 0 Å². The van der Waals surface area contributed by atoms with Gasteiger partial charge in [-0.1, -0.05) is 5.92 Å². The molecule has 0 aliphatic carbocycles. The zero-order valence-electron chi connectivity index (χ0n) is 6.37. The molecule has 0 atom stereocenters. The van der Waals surface area contributed by atoms with E-state index < -0.39 is 6.03 Å². The van der Waals surface area contributed by atoms with Crippen molar-refractivity contribution in [1.82, 2.24) is 10.2 Å². The van der Waals surface area contributed by atoms with Gasteiger partial charge >= 0.3 is 6.03 Å².